The number of hydrogen-bond donors (Lipinski definition) is 1. The summed E-state index contributed by atoms with van der Waals surface area (Å²) in [5, 5.41) is 11.8. The zero-order chi connectivity index (χ0) is 34.2. The summed E-state index contributed by atoms with van der Waals surface area (Å²) in [5.41, 5.74) is 8.59. The van der Waals surface area contributed by atoms with Gasteiger partial charge in [0.1, 0.15) is 18.2 Å². The molecule has 0 aliphatic carbocycles. The maximum absolute atomic E-state index is 11.8. The standard InChI is InChI=1S/C44H65NO2/c1-10-11-12-13-14-15-16-17-18-19-28-45-30-39-41(33(3)35-22-26-37(27-23-35)44(7,8)9)40(46)29-38(42(39)47-31-45)32(2)34-20-24-36(25-21-34)43(4,5)6/h20-27,29,32-33,46H,10-19,28,30-31H2,1-9H3. The fourth-order valence-electron chi connectivity index (χ4n) is 7.16. The number of hydrogen-bond acceptors (Lipinski definition) is 3. The van der Waals surface area contributed by atoms with Crippen LogP contribution >= 0.6 is 0 Å². The molecule has 47 heavy (non-hydrogen) atoms. The lowest BCUT2D eigenvalue weighted by molar-refractivity contribution is 0.0912. The predicted octanol–water partition coefficient (Wildman–Crippen LogP) is 12.4. The molecule has 2 unspecified atom stereocenters. The van der Waals surface area contributed by atoms with Crippen LogP contribution in [0.4, 0.5) is 0 Å². The first-order chi connectivity index (χ1) is 22.3. The van der Waals surface area contributed by atoms with Gasteiger partial charge < -0.3 is 9.84 Å². The van der Waals surface area contributed by atoms with Crippen molar-refractivity contribution in [2.75, 3.05) is 13.3 Å². The molecule has 0 bridgehead atoms. The number of ether oxygens (including phenoxy) is 1. The van der Waals surface area contributed by atoms with Crippen LogP contribution < -0.4 is 4.74 Å². The molecular formula is C44H65NO2. The van der Waals surface area contributed by atoms with Crippen LogP contribution in [0.2, 0.25) is 0 Å². The van der Waals surface area contributed by atoms with E-state index in [9.17, 15) is 5.11 Å². The van der Waals surface area contributed by atoms with E-state index in [0.29, 0.717) is 12.5 Å². The molecule has 3 nitrogen and oxygen atoms in total. The lowest BCUT2D eigenvalue weighted by Gasteiger charge is -2.34. The largest absolute Gasteiger partial charge is 0.508 e. The monoisotopic (exact) mass is 640 g/mol. The second-order valence-electron chi connectivity index (χ2n) is 16.4. The van der Waals surface area contributed by atoms with Crippen molar-refractivity contribution in [3.05, 3.63) is 93.5 Å². The van der Waals surface area contributed by atoms with E-state index in [1.54, 1.807) is 0 Å². The molecule has 258 valence electrons. The minimum Gasteiger partial charge on any atom is -0.508 e. The summed E-state index contributed by atoms with van der Waals surface area (Å²) >= 11 is 0. The van der Waals surface area contributed by atoms with Crippen molar-refractivity contribution in [3.8, 4) is 11.5 Å². The Bertz CT molecular complexity index is 1390. The van der Waals surface area contributed by atoms with Gasteiger partial charge in [0.05, 0.1) is 0 Å². The first-order valence-corrected chi connectivity index (χ1v) is 18.8. The van der Waals surface area contributed by atoms with Crippen LogP contribution in [-0.4, -0.2) is 23.3 Å². The molecule has 0 saturated heterocycles. The summed E-state index contributed by atoms with van der Waals surface area (Å²) in [7, 11) is 0. The molecule has 1 N–H and O–H groups in total. The fourth-order valence-corrected chi connectivity index (χ4v) is 7.16. The molecule has 2 atom stereocenters. The number of aromatic hydroxyl groups is 1. The van der Waals surface area contributed by atoms with E-state index in [0.717, 1.165) is 35.5 Å². The molecule has 0 amide bonds. The highest BCUT2D eigenvalue weighted by molar-refractivity contribution is 5.59. The van der Waals surface area contributed by atoms with Gasteiger partial charge in [-0.3, -0.25) is 4.90 Å². The number of benzene rings is 3. The Morgan fingerprint density at radius 1 is 0.681 bits per heavy atom. The maximum atomic E-state index is 11.8. The Labute approximate surface area is 288 Å². The van der Waals surface area contributed by atoms with Gasteiger partial charge in [-0.25, -0.2) is 0 Å². The van der Waals surface area contributed by atoms with Gasteiger partial charge in [0.15, 0.2) is 0 Å². The topological polar surface area (TPSA) is 32.7 Å². The summed E-state index contributed by atoms with van der Waals surface area (Å²) in [4.78, 5) is 2.44. The van der Waals surface area contributed by atoms with Crippen molar-refractivity contribution in [1.29, 1.82) is 0 Å². The molecule has 0 saturated carbocycles. The number of fused-ring (bicyclic) bond motifs is 1. The van der Waals surface area contributed by atoms with Crippen LogP contribution in [-0.2, 0) is 17.4 Å². The summed E-state index contributed by atoms with van der Waals surface area (Å²) in [6.45, 7) is 22.7. The highest BCUT2D eigenvalue weighted by Crippen LogP contribution is 2.46. The third-order valence-corrected chi connectivity index (χ3v) is 10.5. The molecule has 0 fully saturated rings. The number of nitrogens with zero attached hydrogens (tertiary/aromatic N) is 1. The van der Waals surface area contributed by atoms with Crippen LogP contribution in [0.1, 0.15) is 177 Å². The van der Waals surface area contributed by atoms with Crippen LogP contribution in [0.15, 0.2) is 54.6 Å². The lowest BCUT2D eigenvalue weighted by atomic mass is 9.81. The van der Waals surface area contributed by atoms with E-state index in [2.05, 4.69) is 116 Å². The number of phenols is 1. The average molecular weight is 640 g/mol. The molecular weight excluding hydrogens is 574 g/mol. The first-order valence-electron chi connectivity index (χ1n) is 18.8. The molecule has 1 aliphatic heterocycles. The summed E-state index contributed by atoms with van der Waals surface area (Å²) in [6, 6.07) is 20.0. The number of phenolic OH excluding ortho intramolecular Hbond substituents is 1. The lowest BCUT2D eigenvalue weighted by Crippen LogP contribution is -2.34. The van der Waals surface area contributed by atoms with Crippen molar-refractivity contribution >= 4 is 0 Å². The summed E-state index contributed by atoms with van der Waals surface area (Å²) in [5.74, 6) is 1.51. The molecule has 1 aliphatic rings. The van der Waals surface area contributed by atoms with Crippen molar-refractivity contribution in [2.45, 2.75) is 156 Å². The van der Waals surface area contributed by atoms with Gasteiger partial charge in [0, 0.05) is 41.6 Å². The van der Waals surface area contributed by atoms with Crippen LogP contribution in [0.25, 0.3) is 0 Å². The smallest absolute Gasteiger partial charge is 0.142 e. The van der Waals surface area contributed by atoms with Gasteiger partial charge in [-0.1, -0.05) is 169 Å². The Morgan fingerprint density at radius 3 is 1.64 bits per heavy atom. The first kappa shape index (κ1) is 37.0. The summed E-state index contributed by atoms with van der Waals surface area (Å²) < 4.78 is 6.69. The average Bonchev–Trinajstić information content (AvgIpc) is 3.04. The van der Waals surface area contributed by atoms with Crippen LogP contribution in [0, 0.1) is 0 Å². The molecule has 0 spiro atoms. The van der Waals surface area contributed by atoms with Gasteiger partial charge in [-0.2, -0.15) is 0 Å². The Balaban J connectivity index is 1.55. The van der Waals surface area contributed by atoms with Crippen molar-refractivity contribution in [3.63, 3.8) is 0 Å². The van der Waals surface area contributed by atoms with Crippen molar-refractivity contribution < 1.29 is 9.84 Å². The van der Waals surface area contributed by atoms with Gasteiger partial charge in [-0.05, 0) is 45.6 Å². The van der Waals surface area contributed by atoms with E-state index in [4.69, 9.17) is 4.74 Å². The minimum absolute atomic E-state index is 0.0501. The van der Waals surface area contributed by atoms with Gasteiger partial charge >= 0.3 is 0 Å². The third-order valence-electron chi connectivity index (χ3n) is 10.5. The molecule has 1 heterocycles. The Morgan fingerprint density at radius 2 is 1.15 bits per heavy atom. The van der Waals surface area contributed by atoms with E-state index in [1.165, 1.54) is 86.5 Å². The van der Waals surface area contributed by atoms with Crippen molar-refractivity contribution in [2.24, 2.45) is 0 Å². The quantitative estimate of drug-likeness (QED) is 0.168. The van der Waals surface area contributed by atoms with E-state index >= 15 is 0 Å². The van der Waals surface area contributed by atoms with Crippen LogP contribution in [0.3, 0.4) is 0 Å². The normalized spacial score (nSPS) is 15.3. The van der Waals surface area contributed by atoms with Gasteiger partial charge in [0.2, 0.25) is 0 Å². The van der Waals surface area contributed by atoms with Gasteiger partial charge in [-0.15, -0.1) is 0 Å². The Hall–Kier alpha value is -2.78. The molecule has 0 aromatic heterocycles. The maximum Gasteiger partial charge on any atom is 0.142 e. The molecule has 3 aromatic rings. The Kier molecular flexibility index (Phi) is 13.0. The molecule has 3 aromatic carbocycles. The predicted molar refractivity (Wildman–Crippen MR) is 201 cm³/mol. The third kappa shape index (κ3) is 9.88. The number of rotatable bonds is 15. The molecule has 4 rings (SSSR count). The highest BCUT2D eigenvalue weighted by Gasteiger charge is 2.31. The zero-order valence-corrected chi connectivity index (χ0v) is 31.3. The summed E-state index contributed by atoms with van der Waals surface area (Å²) in [6.07, 6.45) is 13.4. The second kappa shape index (κ2) is 16.6. The van der Waals surface area contributed by atoms with E-state index in [1.807, 2.05) is 6.07 Å². The van der Waals surface area contributed by atoms with E-state index < -0.39 is 0 Å². The highest BCUT2D eigenvalue weighted by atomic mass is 16.5. The zero-order valence-electron chi connectivity index (χ0n) is 31.3. The van der Waals surface area contributed by atoms with Gasteiger partial charge in [0.25, 0.3) is 0 Å². The van der Waals surface area contributed by atoms with Crippen molar-refractivity contribution in [1.82, 2.24) is 4.90 Å². The van der Waals surface area contributed by atoms with Crippen LogP contribution in [0.5, 0.6) is 11.5 Å². The fraction of sp³-hybridized carbons (Fsp3) is 0.591. The van der Waals surface area contributed by atoms with E-state index in [-0.39, 0.29) is 22.7 Å². The second-order valence-corrected chi connectivity index (χ2v) is 16.4. The SMILES string of the molecule is CCCCCCCCCCCCN1COc2c(C(C)c3ccc(C(C)(C)C)cc3)cc(O)c(C(C)c3ccc(C(C)(C)C)cc3)c2C1. The minimum atomic E-state index is 0.0501. The number of unbranched alkanes of at least 4 members (excludes halogenated alkanes) is 9. The molecule has 0 radical (unpaired) electrons. The molecule has 3 heteroatoms.